The van der Waals surface area contributed by atoms with Gasteiger partial charge < -0.3 is 25.2 Å². The van der Waals surface area contributed by atoms with Crippen LogP contribution in [0.5, 0.6) is 11.5 Å². The molecule has 1 fully saturated rings. The fraction of sp³-hybridized carbons (Fsp3) is 0.364. The highest BCUT2D eigenvalue weighted by molar-refractivity contribution is 6.02. The van der Waals surface area contributed by atoms with Gasteiger partial charge in [-0.15, -0.1) is 0 Å². The van der Waals surface area contributed by atoms with Crippen LogP contribution in [0.25, 0.3) is 0 Å². The molecule has 7 heteroatoms. The summed E-state index contributed by atoms with van der Waals surface area (Å²) in [6.07, 6.45) is 1.38. The Morgan fingerprint density at radius 2 is 2.00 bits per heavy atom. The van der Waals surface area contributed by atoms with Crippen LogP contribution in [0, 0.1) is 0 Å². The minimum atomic E-state index is -0.567. The lowest BCUT2D eigenvalue weighted by Crippen LogP contribution is -2.26. The van der Waals surface area contributed by atoms with Crippen molar-refractivity contribution in [2.45, 2.75) is 30.9 Å². The number of benzene rings is 2. The quantitative estimate of drug-likeness (QED) is 0.692. The van der Waals surface area contributed by atoms with Gasteiger partial charge in [-0.1, -0.05) is 12.1 Å². The summed E-state index contributed by atoms with van der Waals surface area (Å²) >= 11 is 0. The number of ether oxygens (including phenoxy) is 2. The largest absolute Gasteiger partial charge is 0.497 e. The van der Waals surface area contributed by atoms with Gasteiger partial charge in [0.05, 0.1) is 25.2 Å². The fourth-order valence-electron chi connectivity index (χ4n) is 3.74. The smallest absolute Gasteiger partial charge is 0.254 e. The third-order valence-electron chi connectivity index (χ3n) is 5.37. The molecule has 2 amide bonds. The van der Waals surface area contributed by atoms with Crippen LogP contribution >= 0.6 is 0 Å². The van der Waals surface area contributed by atoms with Gasteiger partial charge in [-0.05, 0) is 42.7 Å². The third-order valence-corrected chi connectivity index (χ3v) is 5.37. The average molecular weight is 396 g/mol. The molecule has 0 bridgehead atoms. The van der Waals surface area contributed by atoms with Crippen LogP contribution in [0.4, 0.5) is 0 Å². The number of fused-ring (bicyclic) bond motifs is 1. The van der Waals surface area contributed by atoms with Gasteiger partial charge in [-0.3, -0.25) is 9.59 Å². The Balaban J connectivity index is 1.83. The lowest BCUT2D eigenvalue weighted by atomic mass is 9.86. The van der Waals surface area contributed by atoms with Crippen molar-refractivity contribution >= 4 is 11.8 Å². The second kappa shape index (κ2) is 7.75. The molecule has 7 nitrogen and oxygen atoms in total. The lowest BCUT2D eigenvalue weighted by Gasteiger charge is -2.18. The van der Waals surface area contributed by atoms with Crippen LogP contribution in [0.15, 0.2) is 36.4 Å². The number of methoxy groups -OCH3 is 1. The second-order valence-corrected chi connectivity index (χ2v) is 7.36. The lowest BCUT2D eigenvalue weighted by molar-refractivity contribution is 0.0947. The molecule has 1 aliphatic heterocycles. The zero-order valence-electron chi connectivity index (χ0n) is 16.4. The Kier molecular flexibility index (Phi) is 5.15. The Hall–Kier alpha value is -3.06. The van der Waals surface area contributed by atoms with Crippen molar-refractivity contribution in [3.05, 3.63) is 58.7 Å². The van der Waals surface area contributed by atoms with Gasteiger partial charge in [0, 0.05) is 24.2 Å². The summed E-state index contributed by atoms with van der Waals surface area (Å²) in [5.74, 6) is 0.200. The Morgan fingerprint density at radius 1 is 1.21 bits per heavy atom. The van der Waals surface area contributed by atoms with Crippen LogP contribution in [0.1, 0.15) is 50.6 Å². The average Bonchev–Trinajstić information content (AvgIpc) is 3.48. The number of carbonyl (C=O) groups is 2. The Bertz CT molecular complexity index is 954. The molecule has 2 unspecified atom stereocenters. The topological polar surface area (TPSA) is 96.9 Å². The minimum Gasteiger partial charge on any atom is -0.497 e. The molecular weight excluding hydrogens is 372 g/mol. The summed E-state index contributed by atoms with van der Waals surface area (Å²) < 4.78 is 11.3. The summed E-state index contributed by atoms with van der Waals surface area (Å²) in [5.41, 5.74) is 2.28. The number of hydrogen-bond acceptors (Lipinski definition) is 5. The molecule has 29 heavy (non-hydrogen) atoms. The molecule has 2 aromatic carbocycles. The summed E-state index contributed by atoms with van der Waals surface area (Å²) in [6, 6.07) is 11.0. The van der Waals surface area contributed by atoms with E-state index in [1.54, 1.807) is 19.2 Å². The maximum absolute atomic E-state index is 12.7. The van der Waals surface area contributed by atoms with E-state index in [9.17, 15) is 14.7 Å². The predicted octanol–water partition coefficient (Wildman–Crippen LogP) is 1.83. The van der Waals surface area contributed by atoms with Crippen LogP contribution in [0.3, 0.4) is 0 Å². The first kappa shape index (κ1) is 19.3. The summed E-state index contributed by atoms with van der Waals surface area (Å²) in [6.45, 7) is -0.229. The molecule has 1 heterocycles. The maximum atomic E-state index is 12.7. The SMILES string of the molecule is CNC(=O)c1cc(C(=O)NC2CC2)cc2c1OC(CO)C2c1cccc(OC)c1. The summed E-state index contributed by atoms with van der Waals surface area (Å²) in [7, 11) is 3.12. The van der Waals surface area contributed by atoms with Gasteiger partial charge in [-0.25, -0.2) is 0 Å². The van der Waals surface area contributed by atoms with E-state index in [-0.39, 0.29) is 35.9 Å². The van der Waals surface area contributed by atoms with Gasteiger partial charge in [0.15, 0.2) is 0 Å². The number of carbonyl (C=O) groups excluding carboxylic acids is 2. The van der Waals surface area contributed by atoms with Crippen molar-refractivity contribution in [3.8, 4) is 11.5 Å². The van der Waals surface area contributed by atoms with Crippen LogP contribution in [-0.2, 0) is 0 Å². The highest BCUT2D eigenvalue weighted by Gasteiger charge is 2.39. The molecule has 3 N–H and O–H groups in total. The first-order valence-corrected chi connectivity index (χ1v) is 9.68. The Morgan fingerprint density at radius 3 is 2.66 bits per heavy atom. The molecule has 1 saturated carbocycles. The van der Waals surface area contributed by atoms with Crippen molar-refractivity contribution in [2.75, 3.05) is 20.8 Å². The van der Waals surface area contributed by atoms with Gasteiger partial charge in [0.25, 0.3) is 11.8 Å². The van der Waals surface area contributed by atoms with E-state index in [2.05, 4.69) is 10.6 Å². The van der Waals surface area contributed by atoms with Crippen molar-refractivity contribution < 1.29 is 24.2 Å². The minimum absolute atomic E-state index is 0.204. The molecule has 0 radical (unpaired) electrons. The van der Waals surface area contributed by atoms with E-state index in [1.165, 1.54) is 7.05 Å². The number of amides is 2. The number of nitrogens with one attached hydrogen (secondary N) is 2. The molecule has 152 valence electrons. The molecular formula is C22H24N2O5. The number of aliphatic hydroxyl groups excluding tert-OH is 1. The zero-order chi connectivity index (χ0) is 20.5. The summed E-state index contributed by atoms with van der Waals surface area (Å²) in [4.78, 5) is 25.2. The second-order valence-electron chi connectivity index (χ2n) is 7.36. The van der Waals surface area contributed by atoms with Crippen LogP contribution in [-0.4, -0.2) is 49.8 Å². The fourth-order valence-corrected chi connectivity index (χ4v) is 3.74. The third kappa shape index (κ3) is 3.65. The highest BCUT2D eigenvalue weighted by atomic mass is 16.5. The van der Waals surface area contributed by atoms with Crippen molar-refractivity contribution in [2.24, 2.45) is 0 Å². The van der Waals surface area contributed by atoms with Crippen molar-refractivity contribution in [1.82, 2.24) is 10.6 Å². The summed E-state index contributed by atoms with van der Waals surface area (Å²) in [5, 5.41) is 15.5. The van der Waals surface area contributed by atoms with E-state index < -0.39 is 6.10 Å². The standard InChI is InChI=1S/C22H24N2O5/c1-23-22(27)17-10-13(21(26)24-14-6-7-14)9-16-19(18(11-25)29-20(16)17)12-4-3-5-15(8-12)28-2/h3-5,8-10,14,18-19,25H,6-7,11H2,1-2H3,(H,23,27)(H,24,26). The molecule has 4 rings (SSSR count). The maximum Gasteiger partial charge on any atom is 0.254 e. The molecule has 2 aromatic rings. The van der Waals surface area contributed by atoms with E-state index >= 15 is 0 Å². The molecule has 0 spiro atoms. The Labute approximate surface area is 169 Å². The van der Waals surface area contributed by atoms with Gasteiger partial charge in [0.1, 0.15) is 17.6 Å². The molecule has 1 aliphatic carbocycles. The molecule has 0 saturated heterocycles. The number of hydrogen-bond donors (Lipinski definition) is 3. The van der Waals surface area contributed by atoms with Crippen molar-refractivity contribution in [1.29, 1.82) is 0 Å². The normalized spacial score (nSPS) is 19.8. The zero-order valence-corrected chi connectivity index (χ0v) is 16.4. The van der Waals surface area contributed by atoms with Gasteiger partial charge in [-0.2, -0.15) is 0 Å². The number of rotatable bonds is 6. The number of aliphatic hydroxyl groups is 1. The van der Waals surface area contributed by atoms with Gasteiger partial charge >= 0.3 is 0 Å². The first-order valence-electron chi connectivity index (χ1n) is 9.68. The van der Waals surface area contributed by atoms with E-state index in [0.29, 0.717) is 22.6 Å². The molecule has 0 aromatic heterocycles. The molecule has 2 aliphatic rings. The van der Waals surface area contributed by atoms with E-state index in [0.717, 1.165) is 18.4 Å². The van der Waals surface area contributed by atoms with Crippen LogP contribution < -0.4 is 20.1 Å². The first-order chi connectivity index (χ1) is 14.0. The highest BCUT2D eigenvalue weighted by Crippen LogP contribution is 2.45. The van der Waals surface area contributed by atoms with Crippen LogP contribution in [0.2, 0.25) is 0 Å². The van der Waals surface area contributed by atoms with Crippen molar-refractivity contribution in [3.63, 3.8) is 0 Å². The molecule has 2 atom stereocenters. The monoisotopic (exact) mass is 396 g/mol. The van der Waals surface area contributed by atoms with E-state index in [4.69, 9.17) is 9.47 Å². The van der Waals surface area contributed by atoms with Gasteiger partial charge in [0.2, 0.25) is 0 Å². The van der Waals surface area contributed by atoms with E-state index in [1.807, 2.05) is 24.3 Å². The predicted molar refractivity (Wildman–Crippen MR) is 107 cm³/mol.